The molecule has 0 aliphatic carbocycles. The van der Waals surface area contributed by atoms with Crippen molar-refractivity contribution < 1.29 is 23.9 Å². The number of para-hydroxylation sites is 1. The first kappa shape index (κ1) is 27.4. The second kappa shape index (κ2) is 10.7. The topological polar surface area (TPSA) is 84.9 Å². The maximum absolute atomic E-state index is 15.0. The summed E-state index contributed by atoms with van der Waals surface area (Å²) < 4.78 is 11.2. The normalized spacial score (nSPS) is 22.5. The van der Waals surface area contributed by atoms with Crippen molar-refractivity contribution in [2.45, 2.75) is 17.5 Å². The van der Waals surface area contributed by atoms with Crippen LogP contribution in [-0.2, 0) is 10.2 Å². The summed E-state index contributed by atoms with van der Waals surface area (Å²) in [4.78, 5) is 46.3. The summed E-state index contributed by atoms with van der Waals surface area (Å²) >= 11 is 0. The molecule has 7 nitrogen and oxygen atoms in total. The molecule has 4 atom stereocenters. The lowest BCUT2D eigenvalue weighted by Gasteiger charge is -2.38. The highest BCUT2D eigenvalue weighted by Crippen LogP contribution is 2.62. The van der Waals surface area contributed by atoms with Crippen molar-refractivity contribution >= 4 is 29.2 Å². The zero-order valence-electron chi connectivity index (χ0n) is 24.1. The quantitative estimate of drug-likeness (QED) is 0.196. The Morgan fingerprint density at radius 3 is 2.41 bits per heavy atom. The highest BCUT2D eigenvalue weighted by molar-refractivity contribution is 6.16. The minimum atomic E-state index is -1.41. The molecule has 1 amide bonds. The number of ether oxygens (including phenoxy) is 2. The molecule has 4 unspecified atom stereocenters. The fourth-order valence-corrected chi connectivity index (χ4v) is 7.19. The van der Waals surface area contributed by atoms with Gasteiger partial charge in [0.1, 0.15) is 29.6 Å². The van der Waals surface area contributed by atoms with Gasteiger partial charge in [-0.25, -0.2) is 0 Å². The number of nitrogens with one attached hydrogen (secondary N) is 1. The van der Waals surface area contributed by atoms with Gasteiger partial charge in [0.15, 0.2) is 11.6 Å². The van der Waals surface area contributed by atoms with Crippen LogP contribution in [0.5, 0.6) is 11.5 Å². The predicted octanol–water partition coefficient (Wildman–Crippen LogP) is 6.24. The number of anilines is 1. The third-order valence-corrected chi connectivity index (χ3v) is 8.96. The van der Waals surface area contributed by atoms with Gasteiger partial charge < -0.3 is 19.7 Å². The Balaban J connectivity index is 1.50. The Morgan fingerprint density at radius 2 is 1.61 bits per heavy atom. The lowest BCUT2D eigenvalue weighted by atomic mass is 9.62. The van der Waals surface area contributed by atoms with Crippen LogP contribution in [0.2, 0.25) is 0 Å². The third-order valence-electron chi connectivity index (χ3n) is 8.96. The molecule has 218 valence electrons. The number of ketones is 2. The van der Waals surface area contributed by atoms with E-state index in [1.165, 1.54) is 0 Å². The maximum atomic E-state index is 15.0. The molecule has 1 N–H and O–H groups in total. The van der Waals surface area contributed by atoms with E-state index in [1.807, 2.05) is 65.7 Å². The second-order valence-electron chi connectivity index (χ2n) is 11.2. The van der Waals surface area contributed by atoms with E-state index < -0.39 is 23.4 Å². The van der Waals surface area contributed by atoms with Crippen molar-refractivity contribution in [3.63, 3.8) is 0 Å². The summed E-state index contributed by atoms with van der Waals surface area (Å²) in [6.07, 6.45) is 5.44. The molecule has 4 aromatic rings. The molecule has 4 aromatic carbocycles. The molecule has 3 aliphatic heterocycles. The van der Waals surface area contributed by atoms with Crippen LogP contribution in [0.25, 0.3) is 6.08 Å². The van der Waals surface area contributed by atoms with Crippen LogP contribution < -0.4 is 14.8 Å². The lowest BCUT2D eigenvalue weighted by Crippen LogP contribution is -2.49. The highest BCUT2D eigenvalue weighted by Gasteiger charge is 2.70. The first-order chi connectivity index (χ1) is 21.5. The number of rotatable bonds is 8. The zero-order chi connectivity index (χ0) is 30.4. The van der Waals surface area contributed by atoms with E-state index in [1.54, 1.807) is 61.7 Å². The van der Waals surface area contributed by atoms with Gasteiger partial charge in [-0.2, -0.15) is 0 Å². The number of Topliss-reactive ketones (excluding diaryl/α,β-unsaturated/α-hetero) is 2. The van der Waals surface area contributed by atoms with Crippen LogP contribution in [0, 0.1) is 5.92 Å². The van der Waals surface area contributed by atoms with E-state index in [4.69, 9.17) is 9.47 Å². The average Bonchev–Trinajstić information content (AvgIpc) is 3.55. The molecule has 1 saturated heterocycles. The van der Waals surface area contributed by atoms with E-state index >= 15 is 4.79 Å². The average molecular weight is 583 g/mol. The first-order valence-electron chi connectivity index (χ1n) is 14.5. The Kier molecular flexibility index (Phi) is 6.66. The van der Waals surface area contributed by atoms with Gasteiger partial charge in [0.05, 0.1) is 19.1 Å². The van der Waals surface area contributed by atoms with Crippen molar-refractivity contribution in [1.82, 2.24) is 4.90 Å². The Bertz CT molecular complexity index is 1860. The zero-order valence-corrected chi connectivity index (χ0v) is 24.1. The minimum absolute atomic E-state index is 0.273. The van der Waals surface area contributed by atoms with Gasteiger partial charge in [0.2, 0.25) is 5.91 Å². The number of benzene rings is 4. The molecule has 0 saturated carbocycles. The highest BCUT2D eigenvalue weighted by atomic mass is 16.5. The predicted molar refractivity (Wildman–Crippen MR) is 168 cm³/mol. The Labute approximate surface area is 255 Å². The summed E-state index contributed by atoms with van der Waals surface area (Å²) in [6, 6.07) is 27.5. The largest absolute Gasteiger partial charge is 0.497 e. The molecular weight excluding hydrogens is 552 g/mol. The summed E-state index contributed by atoms with van der Waals surface area (Å²) in [5.41, 5.74) is 2.49. The molecule has 0 bridgehead atoms. The van der Waals surface area contributed by atoms with Gasteiger partial charge in [-0.1, -0.05) is 79.4 Å². The number of hydrogen-bond donors (Lipinski definition) is 1. The number of carbonyl (C=O) groups excluding carboxylic acids is 3. The molecule has 3 aliphatic rings. The fraction of sp³-hybridized carbons (Fsp3) is 0.162. The molecule has 44 heavy (non-hydrogen) atoms. The minimum Gasteiger partial charge on any atom is -0.497 e. The van der Waals surface area contributed by atoms with Crippen molar-refractivity contribution in [3.8, 4) is 11.5 Å². The van der Waals surface area contributed by atoms with Crippen molar-refractivity contribution in [2.75, 3.05) is 19.0 Å². The number of hydrogen-bond acceptors (Lipinski definition) is 6. The van der Waals surface area contributed by atoms with Gasteiger partial charge in [0.25, 0.3) is 0 Å². The standard InChI is InChI=1S/C37H30N2O5/c1-3-20-44-27-14-9-11-24(22-27)33(40)31-32(34(41)25-12-8-13-26(21-25)43-2)39-19-18-23-10-4-5-15-28(23)35(39)37(31)29-16-6-7-17-30(29)38-36(37)42/h3-19,21-22,31-32,35H,1,20H2,2H3,(H,38,42). The Hall–Kier alpha value is -5.43. The molecule has 7 rings (SSSR count). The molecule has 1 spiro atoms. The van der Waals surface area contributed by atoms with E-state index in [0.29, 0.717) is 33.9 Å². The lowest BCUT2D eigenvalue weighted by molar-refractivity contribution is -0.122. The number of methoxy groups -OCH3 is 1. The summed E-state index contributed by atoms with van der Waals surface area (Å²) in [7, 11) is 1.54. The summed E-state index contributed by atoms with van der Waals surface area (Å²) in [5, 5.41) is 3.08. The van der Waals surface area contributed by atoms with Crippen molar-refractivity contribution in [1.29, 1.82) is 0 Å². The maximum Gasteiger partial charge on any atom is 0.238 e. The third kappa shape index (κ3) is 4.00. The second-order valence-corrected chi connectivity index (χ2v) is 11.2. The van der Waals surface area contributed by atoms with Gasteiger partial charge in [0, 0.05) is 23.0 Å². The van der Waals surface area contributed by atoms with Crippen LogP contribution >= 0.6 is 0 Å². The van der Waals surface area contributed by atoms with Crippen LogP contribution in [0.1, 0.15) is 43.4 Å². The number of fused-ring (bicyclic) bond motifs is 6. The van der Waals surface area contributed by atoms with Crippen molar-refractivity contribution in [2.24, 2.45) is 5.92 Å². The number of amides is 1. The molecule has 3 heterocycles. The molecule has 0 aromatic heterocycles. The molecule has 0 radical (unpaired) electrons. The smallest absolute Gasteiger partial charge is 0.238 e. The Morgan fingerprint density at radius 1 is 0.909 bits per heavy atom. The van der Waals surface area contributed by atoms with Crippen LogP contribution in [0.4, 0.5) is 5.69 Å². The molecule has 1 fully saturated rings. The van der Waals surface area contributed by atoms with Crippen molar-refractivity contribution in [3.05, 3.63) is 144 Å². The van der Waals surface area contributed by atoms with E-state index in [-0.39, 0.29) is 24.1 Å². The monoisotopic (exact) mass is 582 g/mol. The van der Waals surface area contributed by atoms with Crippen LogP contribution in [-0.4, -0.2) is 42.1 Å². The van der Waals surface area contributed by atoms with Gasteiger partial charge >= 0.3 is 0 Å². The van der Waals surface area contributed by atoms with Crippen LogP contribution in [0.3, 0.4) is 0 Å². The number of carbonyl (C=O) groups is 3. The number of nitrogens with zero attached hydrogens (tertiary/aromatic N) is 1. The van der Waals surface area contributed by atoms with Gasteiger partial charge in [-0.15, -0.1) is 0 Å². The molecule has 7 heteroatoms. The summed E-state index contributed by atoms with van der Waals surface area (Å²) in [6.45, 7) is 3.98. The van der Waals surface area contributed by atoms with Gasteiger partial charge in [-0.05, 0) is 53.1 Å². The first-order valence-corrected chi connectivity index (χ1v) is 14.5. The van der Waals surface area contributed by atoms with Gasteiger partial charge in [-0.3, -0.25) is 14.4 Å². The van der Waals surface area contributed by atoms with Crippen LogP contribution in [0.15, 0.2) is 116 Å². The summed E-state index contributed by atoms with van der Waals surface area (Å²) in [5.74, 6) is -0.958. The SMILES string of the molecule is C=CCOc1cccc(C(=O)C2C(C(=O)c3cccc(OC)c3)N3C=Cc4ccccc4C3C23C(=O)Nc2ccccc23)c1. The van der Waals surface area contributed by atoms with E-state index in [2.05, 4.69) is 11.9 Å². The van der Waals surface area contributed by atoms with E-state index in [0.717, 1.165) is 11.1 Å². The molecular formula is C37H30N2O5. The fourth-order valence-electron chi connectivity index (χ4n) is 7.19. The van der Waals surface area contributed by atoms with E-state index in [9.17, 15) is 9.59 Å².